The van der Waals surface area contributed by atoms with Crippen molar-refractivity contribution in [2.45, 2.75) is 0 Å². The molecule has 4 aromatic rings. The van der Waals surface area contributed by atoms with E-state index in [9.17, 15) is 5.11 Å². The highest BCUT2D eigenvalue weighted by Gasteiger charge is 2.18. The molecule has 0 aliphatic carbocycles. The highest BCUT2D eigenvalue weighted by Crippen LogP contribution is 2.35. The van der Waals surface area contributed by atoms with Gasteiger partial charge in [0.1, 0.15) is 17.2 Å². The normalized spacial score (nSPS) is 10.9. The fourth-order valence-corrected chi connectivity index (χ4v) is 2.73. The van der Waals surface area contributed by atoms with Crippen molar-refractivity contribution in [1.29, 1.82) is 5.41 Å². The molecular weight excluding hydrogens is 316 g/mol. The van der Waals surface area contributed by atoms with E-state index >= 15 is 0 Å². The third kappa shape index (κ3) is 2.51. The Balaban J connectivity index is 1.78. The first-order chi connectivity index (χ1) is 12.2. The van der Waals surface area contributed by atoms with Gasteiger partial charge in [-0.05, 0) is 18.2 Å². The largest absolute Gasteiger partial charge is 0.504 e. The molecule has 7 nitrogen and oxygen atoms in total. The monoisotopic (exact) mass is 332 g/mol. The number of rotatable bonds is 3. The third-order valence-corrected chi connectivity index (χ3v) is 4.05. The number of nitrogens with zero attached hydrogens (tertiary/aromatic N) is 2. The van der Waals surface area contributed by atoms with E-state index < -0.39 is 0 Å². The molecule has 0 unspecified atom stereocenters. The molecule has 0 saturated carbocycles. The van der Waals surface area contributed by atoms with Gasteiger partial charge < -0.3 is 15.4 Å². The number of aromatic nitrogens is 4. The van der Waals surface area contributed by atoms with Gasteiger partial charge in [-0.25, -0.2) is 4.98 Å². The molecule has 0 radical (unpaired) electrons. The summed E-state index contributed by atoms with van der Waals surface area (Å²) < 4.78 is 0. The van der Waals surface area contributed by atoms with Crippen LogP contribution >= 0.6 is 0 Å². The maximum Gasteiger partial charge on any atom is 0.172 e. The Labute approximate surface area is 143 Å². The quantitative estimate of drug-likeness (QED) is 0.293. The van der Waals surface area contributed by atoms with Crippen LogP contribution in [0.4, 0.5) is 0 Å². The molecular formula is C18H16N6O. The fourth-order valence-electron chi connectivity index (χ4n) is 2.73. The van der Waals surface area contributed by atoms with Crippen LogP contribution in [0.15, 0.2) is 48.5 Å². The van der Waals surface area contributed by atoms with Crippen LogP contribution in [0, 0.1) is 5.41 Å². The summed E-state index contributed by atoms with van der Waals surface area (Å²) in [5, 5.41) is 28.3. The lowest BCUT2D eigenvalue weighted by atomic mass is 10.1. The van der Waals surface area contributed by atoms with Crippen LogP contribution in [-0.4, -0.2) is 38.2 Å². The lowest BCUT2D eigenvalue weighted by Crippen LogP contribution is -2.17. The summed E-state index contributed by atoms with van der Waals surface area (Å²) >= 11 is 0. The predicted octanol–water partition coefficient (Wildman–Crippen LogP) is 2.87. The number of H-pyrrole nitrogens is 2. The van der Waals surface area contributed by atoms with Crippen LogP contribution in [0.2, 0.25) is 0 Å². The van der Waals surface area contributed by atoms with Gasteiger partial charge in [-0.2, -0.15) is 5.10 Å². The Hall–Kier alpha value is -3.61. The van der Waals surface area contributed by atoms with Crippen LogP contribution in [0.25, 0.3) is 33.8 Å². The molecule has 0 aliphatic rings. The molecule has 0 spiro atoms. The van der Waals surface area contributed by atoms with E-state index in [1.54, 1.807) is 7.05 Å². The first-order valence-corrected chi connectivity index (χ1v) is 7.77. The standard InChI is InChI=1S/C18H16N6O/c1-20-17(19)11-7-8-12-13(9-11)22-18(21-12)15-16(25)14(23-24-15)10-5-3-2-4-6-10/h2-9,25H,1H3,(H2,19,20)(H,21,22)(H,23,24). The van der Waals surface area contributed by atoms with E-state index in [-0.39, 0.29) is 5.75 Å². The van der Waals surface area contributed by atoms with E-state index in [0.717, 1.165) is 22.2 Å². The molecule has 2 heterocycles. The average molecular weight is 332 g/mol. The Morgan fingerprint density at radius 2 is 1.96 bits per heavy atom. The van der Waals surface area contributed by atoms with Gasteiger partial charge >= 0.3 is 0 Å². The summed E-state index contributed by atoms with van der Waals surface area (Å²) in [7, 11) is 1.71. The first kappa shape index (κ1) is 14.9. The van der Waals surface area contributed by atoms with E-state index in [4.69, 9.17) is 5.41 Å². The molecule has 0 amide bonds. The number of aromatic hydroxyl groups is 1. The van der Waals surface area contributed by atoms with Crippen molar-refractivity contribution in [1.82, 2.24) is 25.5 Å². The third-order valence-electron chi connectivity index (χ3n) is 4.05. The SMILES string of the molecule is CNC(=N)c1ccc2nc(-c3[nH]nc(-c4ccccc4)c3O)[nH]c2c1. The number of amidine groups is 1. The molecule has 0 bridgehead atoms. The number of fused-ring (bicyclic) bond motifs is 1. The van der Waals surface area contributed by atoms with Gasteiger partial charge in [-0.15, -0.1) is 0 Å². The molecule has 0 fully saturated rings. The Kier molecular flexibility index (Phi) is 3.46. The summed E-state index contributed by atoms with van der Waals surface area (Å²) in [6.07, 6.45) is 0. The second-order valence-corrected chi connectivity index (χ2v) is 5.60. The molecule has 4 rings (SSSR count). The van der Waals surface area contributed by atoms with Crippen molar-refractivity contribution >= 4 is 16.9 Å². The molecule has 2 aromatic carbocycles. The van der Waals surface area contributed by atoms with Crippen molar-refractivity contribution < 1.29 is 5.11 Å². The first-order valence-electron chi connectivity index (χ1n) is 7.77. The second kappa shape index (κ2) is 5.79. The zero-order valence-corrected chi connectivity index (χ0v) is 13.5. The van der Waals surface area contributed by atoms with Crippen LogP contribution in [0.5, 0.6) is 5.75 Å². The van der Waals surface area contributed by atoms with Crippen molar-refractivity contribution in [2.75, 3.05) is 7.05 Å². The van der Waals surface area contributed by atoms with Gasteiger partial charge in [-0.3, -0.25) is 10.5 Å². The van der Waals surface area contributed by atoms with Crippen molar-refractivity contribution in [3.8, 4) is 28.5 Å². The second-order valence-electron chi connectivity index (χ2n) is 5.60. The number of aromatic amines is 2. The Bertz CT molecular complexity index is 1060. The highest BCUT2D eigenvalue weighted by molar-refractivity contribution is 5.99. The zero-order chi connectivity index (χ0) is 17.4. The van der Waals surface area contributed by atoms with Crippen LogP contribution in [0.3, 0.4) is 0 Å². The maximum atomic E-state index is 10.5. The molecule has 7 heteroatoms. The minimum Gasteiger partial charge on any atom is -0.504 e. The van der Waals surface area contributed by atoms with E-state index in [1.807, 2.05) is 48.5 Å². The minimum atomic E-state index is 0.0495. The Morgan fingerprint density at radius 3 is 2.72 bits per heavy atom. The summed E-state index contributed by atoms with van der Waals surface area (Å²) in [5.74, 6) is 0.873. The van der Waals surface area contributed by atoms with Gasteiger partial charge in [0, 0.05) is 18.2 Å². The summed E-state index contributed by atoms with van der Waals surface area (Å²) in [4.78, 5) is 7.67. The molecule has 0 saturated heterocycles. The van der Waals surface area contributed by atoms with Gasteiger partial charge in [-0.1, -0.05) is 30.3 Å². The van der Waals surface area contributed by atoms with Crippen LogP contribution < -0.4 is 5.32 Å². The van der Waals surface area contributed by atoms with Gasteiger partial charge in [0.2, 0.25) is 0 Å². The van der Waals surface area contributed by atoms with Gasteiger partial charge in [0.15, 0.2) is 11.6 Å². The minimum absolute atomic E-state index is 0.0495. The average Bonchev–Trinajstić information content (AvgIpc) is 3.24. The van der Waals surface area contributed by atoms with E-state index in [1.165, 1.54) is 0 Å². The molecule has 2 aromatic heterocycles. The fraction of sp³-hybridized carbons (Fsp3) is 0.0556. The molecule has 5 N–H and O–H groups in total. The van der Waals surface area contributed by atoms with Crippen LogP contribution in [-0.2, 0) is 0 Å². The molecule has 0 aliphatic heterocycles. The number of hydrogen-bond donors (Lipinski definition) is 5. The van der Waals surface area contributed by atoms with Crippen molar-refractivity contribution in [3.63, 3.8) is 0 Å². The number of hydrogen-bond acceptors (Lipinski definition) is 4. The van der Waals surface area contributed by atoms with Gasteiger partial charge in [0.25, 0.3) is 0 Å². The number of imidazole rings is 1. The molecule has 25 heavy (non-hydrogen) atoms. The van der Waals surface area contributed by atoms with E-state index in [2.05, 4.69) is 25.5 Å². The topological polar surface area (TPSA) is 113 Å². The Morgan fingerprint density at radius 1 is 1.16 bits per heavy atom. The molecule has 0 atom stereocenters. The molecule has 124 valence electrons. The number of nitrogens with one attached hydrogen (secondary N) is 4. The zero-order valence-electron chi connectivity index (χ0n) is 13.5. The lowest BCUT2D eigenvalue weighted by Gasteiger charge is -2.01. The summed E-state index contributed by atoms with van der Waals surface area (Å²) in [6, 6.07) is 15.0. The van der Waals surface area contributed by atoms with Crippen molar-refractivity contribution in [2.24, 2.45) is 0 Å². The highest BCUT2D eigenvalue weighted by atomic mass is 16.3. The smallest absolute Gasteiger partial charge is 0.172 e. The van der Waals surface area contributed by atoms with Gasteiger partial charge in [0.05, 0.1) is 11.0 Å². The number of benzene rings is 2. The maximum absolute atomic E-state index is 10.5. The summed E-state index contributed by atoms with van der Waals surface area (Å²) in [6.45, 7) is 0. The predicted molar refractivity (Wildman–Crippen MR) is 96.7 cm³/mol. The van der Waals surface area contributed by atoms with Crippen molar-refractivity contribution in [3.05, 3.63) is 54.1 Å². The summed E-state index contributed by atoms with van der Waals surface area (Å²) in [5.41, 5.74) is 4.02. The lowest BCUT2D eigenvalue weighted by molar-refractivity contribution is 0.479. The van der Waals surface area contributed by atoms with Crippen LogP contribution in [0.1, 0.15) is 5.56 Å². The van der Waals surface area contributed by atoms with E-state index in [0.29, 0.717) is 23.0 Å².